The number of benzene rings is 1. The monoisotopic (exact) mass is 352 g/mol. The van der Waals surface area contributed by atoms with Gasteiger partial charge in [-0.3, -0.25) is 4.79 Å². The molecule has 0 fully saturated rings. The van der Waals surface area contributed by atoms with Crippen LogP contribution in [0.3, 0.4) is 0 Å². The second-order valence-electron chi connectivity index (χ2n) is 4.42. The van der Waals surface area contributed by atoms with Crippen LogP contribution in [0.15, 0.2) is 22.7 Å². The predicted octanol–water partition coefficient (Wildman–Crippen LogP) is 3.79. The summed E-state index contributed by atoms with van der Waals surface area (Å²) in [5.74, 6) is -0.338. The highest BCUT2D eigenvalue weighted by molar-refractivity contribution is 9.10. The van der Waals surface area contributed by atoms with E-state index in [0.717, 1.165) is 12.5 Å². The molecule has 0 saturated carbocycles. The molecular weight excluding hydrogens is 337 g/mol. The van der Waals surface area contributed by atoms with Crippen LogP contribution in [0.1, 0.15) is 25.8 Å². The molecule has 1 unspecified atom stereocenters. The standard InChI is InChI=1S/C13H16BrF3N2O/c1-3-8(2)19-12(20)7-18-11-5-4-9(14)6-10(11)13(15,16)17/h4-6,8,18H,3,7H2,1-2H3,(H,19,20). The van der Waals surface area contributed by atoms with Gasteiger partial charge in [0.2, 0.25) is 5.91 Å². The third-order valence-corrected chi connectivity index (χ3v) is 3.24. The minimum Gasteiger partial charge on any atom is -0.376 e. The fourth-order valence-corrected chi connectivity index (χ4v) is 1.87. The summed E-state index contributed by atoms with van der Waals surface area (Å²) in [5.41, 5.74) is -0.914. The molecule has 0 bridgehead atoms. The average molecular weight is 353 g/mol. The molecule has 0 aliphatic heterocycles. The molecule has 112 valence electrons. The fraction of sp³-hybridized carbons (Fsp3) is 0.462. The van der Waals surface area contributed by atoms with E-state index in [0.29, 0.717) is 4.47 Å². The molecule has 1 aromatic rings. The quantitative estimate of drug-likeness (QED) is 0.846. The van der Waals surface area contributed by atoms with E-state index in [1.165, 1.54) is 12.1 Å². The van der Waals surface area contributed by atoms with Crippen LogP contribution in [0.5, 0.6) is 0 Å². The van der Waals surface area contributed by atoms with E-state index < -0.39 is 11.7 Å². The van der Waals surface area contributed by atoms with Crippen LogP contribution in [-0.2, 0) is 11.0 Å². The molecule has 0 aliphatic rings. The van der Waals surface area contributed by atoms with E-state index in [4.69, 9.17) is 0 Å². The van der Waals surface area contributed by atoms with Crippen molar-refractivity contribution >= 4 is 27.5 Å². The first-order chi connectivity index (χ1) is 9.24. The minimum atomic E-state index is -4.47. The topological polar surface area (TPSA) is 41.1 Å². The molecule has 1 amide bonds. The van der Waals surface area contributed by atoms with Gasteiger partial charge in [0.15, 0.2) is 0 Å². The number of carbonyl (C=O) groups is 1. The van der Waals surface area contributed by atoms with Crippen LogP contribution in [0.4, 0.5) is 18.9 Å². The van der Waals surface area contributed by atoms with Gasteiger partial charge in [-0.15, -0.1) is 0 Å². The Hall–Kier alpha value is -1.24. The summed E-state index contributed by atoms with van der Waals surface area (Å²) in [6.07, 6.45) is -3.71. The molecule has 1 aromatic carbocycles. The molecule has 0 heterocycles. The zero-order valence-electron chi connectivity index (χ0n) is 11.1. The van der Waals surface area contributed by atoms with Gasteiger partial charge in [-0.2, -0.15) is 13.2 Å². The number of halogens is 4. The predicted molar refractivity (Wildman–Crippen MR) is 75.5 cm³/mol. The summed E-state index contributed by atoms with van der Waals surface area (Å²) in [5, 5.41) is 5.20. The molecule has 0 saturated heterocycles. The molecule has 3 nitrogen and oxygen atoms in total. The highest BCUT2D eigenvalue weighted by Gasteiger charge is 2.33. The van der Waals surface area contributed by atoms with Gasteiger partial charge in [-0.1, -0.05) is 22.9 Å². The summed E-state index contributed by atoms with van der Waals surface area (Å²) in [6.45, 7) is 3.54. The number of carbonyl (C=O) groups excluding carboxylic acids is 1. The van der Waals surface area contributed by atoms with E-state index in [9.17, 15) is 18.0 Å². The zero-order valence-corrected chi connectivity index (χ0v) is 12.7. The van der Waals surface area contributed by atoms with Crippen molar-refractivity contribution in [3.8, 4) is 0 Å². The third kappa shape index (κ3) is 5.03. The number of amides is 1. The maximum Gasteiger partial charge on any atom is 0.418 e. The fourth-order valence-electron chi connectivity index (χ4n) is 1.51. The van der Waals surface area contributed by atoms with Crippen molar-refractivity contribution < 1.29 is 18.0 Å². The number of hydrogen-bond donors (Lipinski definition) is 2. The molecule has 1 atom stereocenters. The van der Waals surface area contributed by atoms with Crippen LogP contribution in [0.2, 0.25) is 0 Å². The largest absolute Gasteiger partial charge is 0.418 e. The van der Waals surface area contributed by atoms with Crippen molar-refractivity contribution in [2.24, 2.45) is 0 Å². The minimum absolute atomic E-state index is 0.00342. The van der Waals surface area contributed by atoms with Gasteiger partial charge in [0.25, 0.3) is 0 Å². The number of anilines is 1. The maximum absolute atomic E-state index is 12.9. The lowest BCUT2D eigenvalue weighted by Crippen LogP contribution is -2.36. The lowest BCUT2D eigenvalue weighted by Gasteiger charge is -2.16. The number of nitrogens with one attached hydrogen (secondary N) is 2. The molecule has 1 rings (SSSR count). The van der Waals surface area contributed by atoms with Crippen LogP contribution < -0.4 is 10.6 Å². The Bertz CT molecular complexity index is 477. The summed E-state index contributed by atoms with van der Waals surface area (Å²) < 4.78 is 38.9. The van der Waals surface area contributed by atoms with Crippen LogP contribution in [-0.4, -0.2) is 18.5 Å². The molecule has 2 N–H and O–H groups in total. The first-order valence-electron chi connectivity index (χ1n) is 6.14. The Balaban J connectivity index is 2.76. The number of rotatable bonds is 5. The van der Waals surface area contributed by atoms with Gasteiger partial charge in [0, 0.05) is 16.2 Å². The van der Waals surface area contributed by atoms with Crippen molar-refractivity contribution in [2.45, 2.75) is 32.5 Å². The normalized spacial score (nSPS) is 12.9. The van der Waals surface area contributed by atoms with Crippen LogP contribution >= 0.6 is 15.9 Å². The Morgan fingerprint density at radius 3 is 2.60 bits per heavy atom. The van der Waals surface area contributed by atoms with Crippen molar-refractivity contribution in [1.82, 2.24) is 5.32 Å². The number of hydrogen-bond acceptors (Lipinski definition) is 2. The third-order valence-electron chi connectivity index (χ3n) is 2.75. The van der Waals surface area contributed by atoms with Crippen molar-refractivity contribution in [1.29, 1.82) is 0 Å². The zero-order chi connectivity index (χ0) is 15.3. The lowest BCUT2D eigenvalue weighted by molar-refractivity contribution is -0.137. The smallest absolute Gasteiger partial charge is 0.376 e. The van der Waals surface area contributed by atoms with Gasteiger partial charge < -0.3 is 10.6 Å². The summed E-state index contributed by atoms with van der Waals surface area (Å²) in [7, 11) is 0. The first-order valence-corrected chi connectivity index (χ1v) is 6.93. The van der Waals surface area contributed by atoms with Crippen molar-refractivity contribution in [3.05, 3.63) is 28.2 Å². The van der Waals surface area contributed by atoms with Gasteiger partial charge in [-0.25, -0.2) is 0 Å². The SMILES string of the molecule is CCC(C)NC(=O)CNc1ccc(Br)cc1C(F)(F)F. The summed E-state index contributed by atoms with van der Waals surface area (Å²) >= 11 is 3.00. The summed E-state index contributed by atoms with van der Waals surface area (Å²) in [6, 6.07) is 3.76. The molecule has 0 aliphatic carbocycles. The van der Waals surface area contributed by atoms with Gasteiger partial charge in [0.05, 0.1) is 12.1 Å². The molecule has 0 spiro atoms. The van der Waals surface area contributed by atoms with E-state index in [2.05, 4.69) is 26.6 Å². The van der Waals surface area contributed by atoms with Gasteiger partial charge in [-0.05, 0) is 31.5 Å². The van der Waals surface area contributed by atoms with E-state index in [1.807, 2.05) is 13.8 Å². The maximum atomic E-state index is 12.9. The second-order valence-corrected chi connectivity index (χ2v) is 5.33. The van der Waals surface area contributed by atoms with Gasteiger partial charge >= 0.3 is 6.18 Å². The highest BCUT2D eigenvalue weighted by atomic mass is 79.9. The van der Waals surface area contributed by atoms with Crippen molar-refractivity contribution in [3.63, 3.8) is 0 Å². The van der Waals surface area contributed by atoms with Crippen LogP contribution in [0.25, 0.3) is 0 Å². The lowest BCUT2D eigenvalue weighted by atomic mass is 10.1. The highest BCUT2D eigenvalue weighted by Crippen LogP contribution is 2.36. The molecule has 0 aromatic heterocycles. The van der Waals surface area contributed by atoms with Crippen LogP contribution in [0, 0.1) is 0 Å². The van der Waals surface area contributed by atoms with E-state index in [1.54, 1.807) is 0 Å². The molecule has 0 radical (unpaired) electrons. The Morgan fingerprint density at radius 1 is 1.40 bits per heavy atom. The summed E-state index contributed by atoms with van der Waals surface area (Å²) in [4.78, 5) is 11.5. The van der Waals surface area contributed by atoms with Gasteiger partial charge in [0.1, 0.15) is 0 Å². The Morgan fingerprint density at radius 2 is 2.05 bits per heavy atom. The number of alkyl halides is 3. The molecule has 7 heteroatoms. The Kier molecular flexibility index (Phi) is 5.86. The van der Waals surface area contributed by atoms with Crippen molar-refractivity contribution in [2.75, 3.05) is 11.9 Å². The average Bonchev–Trinajstić information content (AvgIpc) is 2.36. The molecular formula is C13H16BrF3N2O. The second kappa shape index (κ2) is 6.97. The Labute approximate surface area is 124 Å². The first kappa shape index (κ1) is 16.8. The molecule has 20 heavy (non-hydrogen) atoms. The van der Waals surface area contributed by atoms with E-state index in [-0.39, 0.29) is 24.2 Å². The van der Waals surface area contributed by atoms with E-state index >= 15 is 0 Å².